The van der Waals surface area contributed by atoms with Crippen molar-refractivity contribution in [1.29, 1.82) is 0 Å². The minimum Gasteiger partial charge on any atom is -0.497 e. The fraction of sp³-hybridized carbons (Fsp3) is 0.143. The van der Waals surface area contributed by atoms with Crippen LogP contribution in [0.1, 0.15) is 15.9 Å². The number of carbonyl (C=O) groups is 1. The van der Waals surface area contributed by atoms with Gasteiger partial charge in [0.05, 0.1) is 12.7 Å². The van der Waals surface area contributed by atoms with Crippen LogP contribution >= 0.6 is 15.9 Å². The minimum absolute atomic E-state index is 0.303. The lowest BCUT2D eigenvalue weighted by molar-refractivity contribution is 0.102. The Morgan fingerprint density at radius 3 is 2.75 bits per heavy atom. The average molecular weight is 336 g/mol. The number of nitrogen functional groups attached to an aromatic ring is 1. The van der Waals surface area contributed by atoms with Crippen LogP contribution in [0.4, 0.5) is 11.5 Å². The third-order valence-corrected chi connectivity index (χ3v) is 3.21. The molecule has 0 bridgehead atoms. The quantitative estimate of drug-likeness (QED) is 0.845. The van der Waals surface area contributed by atoms with E-state index in [1.165, 1.54) is 0 Å². The van der Waals surface area contributed by atoms with E-state index in [2.05, 4.69) is 26.2 Å². The molecule has 0 radical (unpaired) electrons. The maximum atomic E-state index is 12.2. The van der Waals surface area contributed by atoms with Crippen molar-refractivity contribution in [3.8, 4) is 5.75 Å². The number of methoxy groups -OCH3 is 1. The molecule has 2 aromatic rings. The van der Waals surface area contributed by atoms with Gasteiger partial charge in [0, 0.05) is 22.4 Å². The Kier molecular flexibility index (Phi) is 4.24. The third kappa shape index (κ3) is 3.08. The van der Waals surface area contributed by atoms with E-state index in [0.29, 0.717) is 22.8 Å². The molecule has 0 fully saturated rings. The van der Waals surface area contributed by atoms with Crippen molar-refractivity contribution in [3.63, 3.8) is 0 Å². The Balaban J connectivity index is 2.24. The lowest BCUT2D eigenvalue weighted by Crippen LogP contribution is -2.15. The number of pyridine rings is 1. The number of aryl methyl sites for hydroxylation is 1. The number of ether oxygens (including phenoxy) is 1. The zero-order chi connectivity index (χ0) is 14.7. The molecule has 0 atom stereocenters. The molecule has 0 aliphatic carbocycles. The summed E-state index contributed by atoms with van der Waals surface area (Å²) in [5.74, 6) is 0.813. The molecule has 20 heavy (non-hydrogen) atoms. The van der Waals surface area contributed by atoms with E-state index in [9.17, 15) is 4.79 Å². The first-order valence-electron chi connectivity index (χ1n) is 5.88. The number of hydrogen-bond donors (Lipinski definition) is 2. The summed E-state index contributed by atoms with van der Waals surface area (Å²) in [5, 5.41) is 2.74. The molecular weight excluding hydrogens is 322 g/mol. The maximum absolute atomic E-state index is 12.2. The van der Waals surface area contributed by atoms with Crippen LogP contribution in [0.3, 0.4) is 0 Å². The Bertz CT molecular complexity index is 659. The van der Waals surface area contributed by atoms with Crippen LogP contribution < -0.4 is 15.8 Å². The highest BCUT2D eigenvalue weighted by Crippen LogP contribution is 2.22. The minimum atomic E-state index is -0.303. The number of hydrogen-bond acceptors (Lipinski definition) is 4. The van der Waals surface area contributed by atoms with Crippen LogP contribution in [0.15, 0.2) is 34.9 Å². The van der Waals surface area contributed by atoms with E-state index in [1.807, 2.05) is 13.0 Å². The number of nitrogens with zero attached hydrogens (tertiary/aromatic N) is 1. The Morgan fingerprint density at radius 1 is 1.40 bits per heavy atom. The first-order chi connectivity index (χ1) is 9.51. The SMILES string of the molecule is COc1ccc(C(=O)Nc2ncc(Br)cc2C)c(N)c1. The van der Waals surface area contributed by atoms with Crippen molar-refractivity contribution in [1.82, 2.24) is 4.98 Å². The lowest BCUT2D eigenvalue weighted by atomic mass is 10.1. The Hall–Kier alpha value is -2.08. The highest BCUT2D eigenvalue weighted by molar-refractivity contribution is 9.10. The predicted octanol–water partition coefficient (Wildman–Crippen LogP) is 3.00. The normalized spacial score (nSPS) is 10.2. The molecule has 1 heterocycles. The molecule has 3 N–H and O–H groups in total. The number of nitrogens with two attached hydrogens (primary N) is 1. The van der Waals surface area contributed by atoms with Crippen LogP contribution in [0.25, 0.3) is 0 Å². The van der Waals surface area contributed by atoms with Crippen molar-refractivity contribution < 1.29 is 9.53 Å². The topological polar surface area (TPSA) is 77.2 Å². The van der Waals surface area contributed by atoms with Gasteiger partial charge in [-0.05, 0) is 46.6 Å². The molecular formula is C14H14BrN3O2. The number of aromatic nitrogens is 1. The third-order valence-electron chi connectivity index (χ3n) is 2.78. The van der Waals surface area contributed by atoms with Crippen LogP contribution in [-0.2, 0) is 0 Å². The summed E-state index contributed by atoms with van der Waals surface area (Å²) in [6, 6.07) is 6.79. The molecule has 0 aliphatic heterocycles. The first-order valence-corrected chi connectivity index (χ1v) is 6.67. The van der Waals surface area contributed by atoms with Crippen molar-refractivity contribution in [2.75, 3.05) is 18.2 Å². The van der Waals surface area contributed by atoms with Crippen molar-refractivity contribution in [2.45, 2.75) is 6.92 Å². The van der Waals surface area contributed by atoms with Gasteiger partial charge in [0.1, 0.15) is 11.6 Å². The van der Waals surface area contributed by atoms with E-state index in [0.717, 1.165) is 10.0 Å². The molecule has 1 amide bonds. The molecule has 0 saturated carbocycles. The number of halogens is 1. The van der Waals surface area contributed by atoms with Crippen LogP contribution in [0, 0.1) is 6.92 Å². The fourth-order valence-electron chi connectivity index (χ4n) is 1.72. The van der Waals surface area contributed by atoms with Gasteiger partial charge in [-0.15, -0.1) is 0 Å². The largest absolute Gasteiger partial charge is 0.497 e. The Labute approximate surface area is 125 Å². The lowest BCUT2D eigenvalue weighted by Gasteiger charge is -2.10. The van der Waals surface area contributed by atoms with Gasteiger partial charge in [0.25, 0.3) is 5.91 Å². The van der Waals surface area contributed by atoms with Gasteiger partial charge >= 0.3 is 0 Å². The van der Waals surface area contributed by atoms with Crippen LogP contribution in [-0.4, -0.2) is 18.0 Å². The number of anilines is 2. The van der Waals surface area contributed by atoms with Gasteiger partial charge in [0.2, 0.25) is 0 Å². The predicted molar refractivity (Wildman–Crippen MR) is 82.0 cm³/mol. The Morgan fingerprint density at radius 2 is 2.15 bits per heavy atom. The van der Waals surface area contributed by atoms with Crippen molar-refractivity contribution in [3.05, 3.63) is 46.1 Å². The summed E-state index contributed by atoms with van der Waals surface area (Å²) < 4.78 is 5.91. The molecule has 2 rings (SSSR count). The van der Waals surface area contributed by atoms with Gasteiger partial charge in [-0.25, -0.2) is 4.98 Å². The average Bonchev–Trinajstić information content (AvgIpc) is 2.41. The van der Waals surface area contributed by atoms with E-state index < -0.39 is 0 Å². The molecule has 0 unspecified atom stereocenters. The highest BCUT2D eigenvalue weighted by Gasteiger charge is 2.12. The van der Waals surface area contributed by atoms with Crippen LogP contribution in [0.2, 0.25) is 0 Å². The molecule has 0 saturated heterocycles. The molecule has 1 aromatic carbocycles. The van der Waals surface area contributed by atoms with Gasteiger partial charge in [-0.1, -0.05) is 0 Å². The summed E-state index contributed by atoms with van der Waals surface area (Å²) in [7, 11) is 1.55. The molecule has 6 heteroatoms. The number of amides is 1. The second-order valence-corrected chi connectivity index (χ2v) is 5.14. The van der Waals surface area contributed by atoms with Crippen molar-refractivity contribution in [2.24, 2.45) is 0 Å². The van der Waals surface area contributed by atoms with Gasteiger partial charge < -0.3 is 15.8 Å². The molecule has 0 aliphatic rings. The summed E-state index contributed by atoms with van der Waals surface area (Å²) >= 11 is 3.33. The molecule has 104 valence electrons. The summed E-state index contributed by atoms with van der Waals surface area (Å²) in [6.45, 7) is 1.87. The number of rotatable bonds is 3. The number of nitrogens with one attached hydrogen (secondary N) is 1. The second-order valence-electron chi connectivity index (χ2n) is 4.23. The molecule has 1 aromatic heterocycles. The van der Waals surface area contributed by atoms with Gasteiger partial charge in [-0.3, -0.25) is 4.79 Å². The molecule has 0 spiro atoms. The highest BCUT2D eigenvalue weighted by atomic mass is 79.9. The van der Waals surface area contributed by atoms with E-state index in [1.54, 1.807) is 31.5 Å². The summed E-state index contributed by atoms with van der Waals surface area (Å²) in [5.41, 5.74) is 7.45. The smallest absolute Gasteiger partial charge is 0.258 e. The zero-order valence-corrected chi connectivity index (χ0v) is 12.7. The van der Waals surface area contributed by atoms with E-state index in [-0.39, 0.29) is 5.91 Å². The van der Waals surface area contributed by atoms with Gasteiger partial charge in [0.15, 0.2) is 0 Å². The maximum Gasteiger partial charge on any atom is 0.258 e. The second kappa shape index (κ2) is 5.92. The monoisotopic (exact) mass is 335 g/mol. The van der Waals surface area contributed by atoms with Crippen LogP contribution in [0.5, 0.6) is 5.75 Å². The number of benzene rings is 1. The fourth-order valence-corrected chi connectivity index (χ4v) is 2.17. The first kappa shape index (κ1) is 14.3. The van der Waals surface area contributed by atoms with Gasteiger partial charge in [-0.2, -0.15) is 0 Å². The standard InChI is InChI=1S/C14H14BrN3O2/c1-8-5-9(15)7-17-13(8)18-14(19)11-4-3-10(20-2)6-12(11)16/h3-7H,16H2,1-2H3,(H,17,18,19). The summed E-state index contributed by atoms with van der Waals surface area (Å²) in [6.07, 6.45) is 1.62. The summed E-state index contributed by atoms with van der Waals surface area (Å²) in [4.78, 5) is 16.4. The van der Waals surface area contributed by atoms with Crippen molar-refractivity contribution >= 4 is 33.3 Å². The zero-order valence-electron chi connectivity index (χ0n) is 11.1. The van der Waals surface area contributed by atoms with E-state index in [4.69, 9.17) is 10.5 Å². The number of carbonyl (C=O) groups excluding carboxylic acids is 1. The van der Waals surface area contributed by atoms with E-state index >= 15 is 0 Å². The molecule has 5 nitrogen and oxygen atoms in total.